The third-order valence-corrected chi connectivity index (χ3v) is 4.92. The Morgan fingerprint density at radius 1 is 1.00 bits per heavy atom. The summed E-state index contributed by atoms with van der Waals surface area (Å²) >= 11 is 0. The molecule has 0 saturated heterocycles. The van der Waals surface area contributed by atoms with E-state index in [1.807, 2.05) is 6.07 Å². The van der Waals surface area contributed by atoms with Crippen LogP contribution >= 0.6 is 0 Å². The van der Waals surface area contributed by atoms with Gasteiger partial charge in [0.25, 0.3) is 11.5 Å². The molecule has 0 fully saturated rings. The van der Waals surface area contributed by atoms with E-state index in [0.29, 0.717) is 17.9 Å². The number of nitrogens with zero attached hydrogens (tertiary/aromatic N) is 1. The Labute approximate surface area is 184 Å². The number of nitrogens with one attached hydrogen (secondary N) is 1. The maximum atomic E-state index is 13.3. The maximum absolute atomic E-state index is 13.3. The van der Waals surface area contributed by atoms with E-state index >= 15 is 0 Å². The van der Waals surface area contributed by atoms with Crippen LogP contribution in [-0.2, 0) is 11.2 Å². The third-order valence-electron chi connectivity index (χ3n) is 4.92. The number of carbonyl (C=O) groups is 2. The quantitative estimate of drug-likeness (QED) is 0.410. The average Bonchev–Trinajstić information content (AvgIpc) is 2.80. The first kappa shape index (κ1) is 22.7. The molecule has 0 saturated carbocycles. The van der Waals surface area contributed by atoms with Gasteiger partial charge < -0.3 is 14.8 Å². The van der Waals surface area contributed by atoms with Gasteiger partial charge in [-0.25, -0.2) is 4.39 Å². The van der Waals surface area contributed by atoms with Crippen LogP contribution in [0.3, 0.4) is 0 Å². The van der Waals surface area contributed by atoms with Crippen molar-refractivity contribution in [3.05, 3.63) is 94.2 Å². The highest BCUT2D eigenvalue weighted by Crippen LogP contribution is 2.27. The van der Waals surface area contributed by atoms with Gasteiger partial charge in [0.15, 0.2) is 23.3 Å². The number of ketones is 1. The minimum atomic E-state index is -1.42. The summed E-state index contributed by atoms with van der Waals surface area (Å²) in [6, 6.07) is 13.2. The van der Waals surface area contributed by atoms with Crippen molar-refractivity contribution in [2.45, 2.75) is 12.5 Å². The summed E-state index contributed by atoms with van der Waals surface area (Å²) in [7, 11) is 3.08. The smallest absolute Gasteiger partial charge is 0.251 e. The fraction of sp³-hybridized carbons (Fsp3) is 0.208. The molecular weight excluding hydrogens is 415 g/mol. The molecule has 1 N–H and O–H groups in total. The van der Waals surface area contributed by atoms with Crippen LogP contribution in [0.5, 0.6) is 11.5 Å². The first-order valence-electron chi connectivity index (χ1n) is 9.90. The average molecular weight is 438 g/mol. The summed E-state index contributed by atoms with van der Waals surface area (Å²) in [5, 5.41) is 2.72. The molecule has 3 rings (SSSR count). The highest BCUT2D eigenvalue weighted by molar-refractivity contribution is 6.11. The standard InChI is InChI=1S/C24H23FN2O5/c1-31-19-11-6-16(15-20(19)32-2)12-13-26-24(30)22(27-14-4-3-5-21(27)28)23(29)17-7-9-18(25)10-8-17/h3-11,14-15,22H,12-13H2,1-2H3,(H,26,30)/t22-/m0/s1. The van der Waals surface area contributed by atoms with Crippen molar-refractivity contribution >= 4 is 11.7 Å². The van der Waals surface area contributed by atoms with Gasteiger partial charge in [0.2, 0.25) is 0 Å². The van der Waals surface area contributed by atoms with Crippen LogP contribution in [0.4, 0.5) is 4.39 Å². The van der Waals surface area contributed by atoms with Crippen LogP contribution in [0.1, 0.15) is 22.0 Å². The second-order valence-electron chi connectivity index (χ2n) is 6.95. The van der Waals surface area contributed by atoms with Crippen LogP contribution in [-0.4, -0.2) is 37.0 Å². The second kappa shape index (κ2) is 10.4. The van der Waals surface area contributed by atoms with E-state index < -0.39 is 29.1 Å². The molecule has 2 aromatic carbocycles. The number of Topliss-reactive ketones (excluding diaryl/α,β-unsaturated/α-hetero) is 1. The Kier molecular flexibility index (Phi) is 7.38. The van der Waals surface area contributed by atoms with E-state index in [4.69, 9.17) is 9.47 Å². The number of amides is 1. The van der Waals surface area contributed by atoms with Gasteiger partial charge in [-0.1, -0.05) is 12.1 Å². The van der Waals surface area contributed by atoms with Gasteiger partial charge in [0, 0.05) is 24.4 Å². The van der Waals surface area contributed by atoms with Crippen molar-refractivity contribution < 1.29 is 23.5 Å². The van der Waals surface area contributed by atoms with E-state index in [-0.39, 0.29) is 12.1 Å². The zero-order valence-corrected chi connectivity index (χ0v) is 17.7. The Bertz CT molecular complexity index is 1160. The molecule has 8 heteroatoms. The Morgan fingerprint density at radius 3 is 2.38 bits per heavy atom. The minimum Gasteiger partial charge on any atom is -0.493 e. The predicted octanol–water partition coefficient (Wildman–Crippen LogP) is 2.79. The van der Waals surface area contributed by atoms with Gasteiger partial charge in [0.1, 0.15) is 5.82 Å². The third kappa shape index (κ3) is 5.21. The number of aromatic nitrogens is 1. The molecule has 0 bridgehead atoms. The molecule has 0 unspecified atom stereocenters. The number of benzene rings is 2. The summed E-state index contributed by atoms with van der Waals surface area (Å²) in [4.78, 5) is 38.4. The normalized spacial score (nSPS) is 11.5. The fourth-order valence-corrected chi connectivity index (χ4v) is 3.26. The SMILES string of the molecule is COc1ccc(CCNC(=O)[C@H](C(=O)c2ccc(F)cc2)n2ccccc2=O)cc1OC. The number of pyridine rings is 1. The predicted molar refractivity (Wildman–Crippen MR) is 117 cm³/mol. The Balaban J connectivity index is 1.78. The molecule has 1 aromatic heterocycles. The van der Waals surface area contributed by atoms with Gasteiger partial charge in [-0.3, -0.25) is 19.0 Å². The molecule has 0 aliphatic rings. The Morgan fingerprint density at radius 2 is 1.72 bits per heavy atom. The lowest BCUT2D eigenvalue weighted by Gasteiger charge is -2.18. The number of halogens is 1. The van der Waals surface area contributed by atoms with E-state index in [2.05, 4.69) is 5.32 Å². The molecule has 7 nitrogen and oxygen atoms in total. The minimum absolute atomic E-state index is 0.127. The van der Waals surface area contributed by atoms with Gasteiger partial charge in [0.05, 0.1) is 14.2 Å². The molecular formula is C24H23FN2O5. The van der Waals surface area contributed by atoms with Crippen molar-refractivity contribution in [1.29, 1.82) is 0 Å². The van der Waals surface area contributed by atoms with E-state index in [0.717, 1.165) is 22.3 Å². The molecule has 1 heterocycles. The van der Waals surface area contributed by atoms with E-state index in [1.54, 1.807) is 25.3 Å². The number of rotatable bonds is 9. The molecule has 32 heavy (non-hydrogen) atoms. The van der Waals surface area contributed by atoms with Crippen molar-refractivity contribution in [1.82, 2.24) is 9.88 Å². The molecule has 3 aromatic rings. The summed E-state index contributed by atoms with van der Waals surface area (Å²) in [6.07, 6.45) is 1.84. The van der Waals surface area contributed by atoms with Gasteiger partial charge in [-0.2, -0.15) is 0 Å². The topological polar surface area (TPSA) is 86.6 Å². The van der Waals surface area contributed by atoms with Crippen LogP contribution < -0.4 is 20.3 Å². The van der Waals surface area contributed by atoms with Crippen molar-refractivity contribution in [2.75, 3.05) is 20.8 Å². The highest BCUT2D eigenvalue weighted by Gasteiger charge is 2.29. The number of ether oxygens (including phenoxy) is 2. The first-order valence-corrected chi connectivity index (χ1v) is 9.90. The van der Waals surface area contributed by atoms with E-state index in [1.165, 1.54) is 37.6 Å². The van der Waals surface area contributed by atoms with E-state index in [9.17, 15) is 18.8 Å². The summed E-state index contributed by atoms with van der Waals surface area (Å²) in [6.45, 7) is 0.225. The summed E-state index contributed by atoms with van der Waals surface area (Å²) < 4.78 is 24.8. The van der Waals surface area contributed by atoms with Crippen LogP contribution in [0.15, 0.2) is 71.7 Å². The Hall–Kier alpha value is -3.94. The fourth-order valence-electron chi connectivity index (χ4n) is 3.26. The number of hydrogen-bond donors (Lipinski definition) is 1. The lowest BCUT2D eigenvalue weighted by molar-refractivity contribution is -0.123. The monoisotopic (exact) mass is 438 g/mol. The van der Waals surface area contributed by atoms with Crippen molar-refractivity contribution in [3.8, 4) is 11.5 Å². The second-order valence-corrected chi connectivity index (χ2v) is 6.95. The molecule has 1 amide bonds. The van der Waals surface area contributed by atoms with Gasteiger partial charge >= 0.3 is 0 Å². The highest BCUT2D eigenvalue weighted by atomic mass is 19.1. The molecule has 0 spiro atoms. The van der Waals surface area contributed by atoms with Gasteiger partial charge in [-0.05, 0) is 54.4 Å². The zero-order valence-electron chi connectivity index (χ0n) is 17.7. The molecule has 1 atom stereocenters. The van der Waals surface area contributed by atoms with Crippen LogP contribution in [0, 0.1) is 5.82 Å². The van der Waals surface area contributed by atoms with Gasteiger partial charge in [-0.15, -0.1) is 0 Å². The number of hydrogen-bond acceptors (Lipinski definition) is 5. The number of carbonyl (C=O) groups excluding carboxylic acids is 2. The summed E-state index contributed by atoms with van der Waals surface area (Å²) in [5.41, 5.74) is 0.520. The molecule has 0 radical (unpaired) electrons. The first-order chi connectivity index (χ1) is 15.4. The zero-order chi connectivity index (χ0) is 23.1. The lowest BCUT2D eigenvalue weighted by atomic mass is 10.0. The molecule has 0 aliphatic carbocycles. The van der Waals surface area contributed by atoms with Crippen molar-refractivity contribution in [2.24, 2.45) is 0 Å². The van der Waals surface area contributed by atoms with Crippen LogP contribution in [0.2, 0.25) is 0 Å². The van der Waals surface area contributed by atoms with Crippen LogP contribution in [0.25, 0.3) is 0 Å². The molecule has 0 aliphatic heterocycles. The number of methoxy groups -OCH3 is 2. The van der Waals surface area contributed by atoms with Crippen molar-refractivity contribution in [3.63, 3.8) is 0 Å². The maximum Gasteiger partial charge on any atom is 0.251 e. The lowest BCUT2D eigenvalue weighted by Crippen LogP contribution is -2.41. The largest absolute Gasteiger partial charge is 0.493 e. The summed E-state index contributed by atoms with van der Waals surface area (Å²) in [5.74, 6) is -0.588. The molecule has 166 valence electrons.